The third-order valence-corrected chi connectivity index (χ3v) is 4.45. The lowest BCUT2D eigenvalue weighted by Gasteiger charge is -2.22. The molecule has 0 unspecified atom stereocenters. The molecule has 1 aromatic carbocycles. The summed E-state index contributed by atoms with van der Waals surface area (Å²) in [6.45, 7) is 3.77. The molecule has 0 fully saturated rings. The topological polar surface area (TPSA) is 51.0 Å². The number of anilines is 1. The number of halogens is 2. The molecule has 25 heavy (non-hydrogen) atoms. The van der Waals surface area contributed by atoms with Gasteiger partial charge in [-0.2, -0.15) is 5.10 Å². The fourth-order valence-corrected chi connectivity index (χ4v) is 2.98. The number of fused-ring (bicyclic) bond motifs is 1. The Hall–Kier alpha value is -2.47. The zero-order chi connectivity index (χ0) is 18.1. The average molecular weight is 361 g/mol. The highest BCUT2D eigenvalue weighted by molar-refractivity contribution is 6.29. The van der Waals surface area contributed by atoms with E-state index in [1.165, 1.54) is 11.0 Å². The highest BCUT2D eigenvalue weighted by atomic mass is 35.5. The van der Waals surface area contributed by atoms with Crippen molar-refractivity contribution in [3.8, 4) is 0 Å². The number of hydrogen-bond donors (Lipinski definition) is 0. The Balaban J connectivity index is 2.07. The molecule has 0 N–H and O–H groups in total. The van der Waals surface area contributed by atoms with Crippen molar-refractivity contribution in [3.05, 3.63) is 53.0 Å². The summed E-state index contributed by atoms with van der Waals surface area (Å²) in [5.41, 5.74) is 2.73. The lowest BCUT2D eigenvalue weighted by atomic mass is 10.1. The predicted octanol–water partition coefficient (Wildman–Crippen LogP) is 3.50. The van der Waals surface area contributed by atoms with Gasteiger partial charge in [-0.15, -0.1) is 11.6 Å². The van der Waals surface area contributed by atoms with Gasteiger partial charge in [-0.3, -0.25) is 14.4 Å². The first-order chi connectivity index (χ1) is 11.9. The quantitative estimate of drug-likeness (QED) is 0.669. The third kappa shape index (κ3) is 3.22. The standard InChI is InChI=1S/C18H18ClFN4O/c1-11-5-4-6-15(20)14(11)10-24(17(25)9-19)16-8-7-13-12(2)22-23(3)18(13)21-16/h4-8H,9-10H2,1-3H3. The van der Waals surface area contributed by atoms with Crippen LogP contribution in [0, 0.1) is 19.7 Å². The Morgan fingerprint density at radius 1 is 1.28 bits per heavy atom. The van der Waals surface area contributed by atoms with Gasteiger partial charge in [-0.1, -0.05) is 12.1 Å². The molecule has 0 aliphatic heterocycles. The van der Waals surface area contributed by atoms with E-state index < -0.39 is 0 Å². The molecule has 0 saturated carbocycles. The lowest BCUT2D eigenvalue weighted by Crippen LogP contribution is -2.32. The lowest BCUT2D eigenvalue weighted by molar-refractivity contribution is -0.116. The summed E-state index contributed by atoms with van der Waals surface area (Å²) in [6.07, 6.45) is 0. The number of amides is 1. The zero-order valence-corrected chi connectivity index (χ0v) is 15.0. The summed E-state index contributed by atoms with van der Waals surface area (Å²) < 4.78 is 15.9. The number of carbonyl (C=O) groups excluding carboxylic acids is 1. The van der Waals surface area contributed by atoms with Crippen molar-refractivity contribution in [2.24, 2.45) is 7.05 Å². The second-order valence-electron chi connectivity index (χ2n) is 5.90. The normalized spacial score (nSPS) is 11.1. The molecule has 2 aromatic heterocycles. The molecule has 1 amide bonds. The summed E-state index contributed by atoms with van der Waals surface area (Å²) >= 11 is 5.77. The van der Waals surface area contributed by atoms with Crippen LogP contribution in [0.2, 0.25) is 0 Å². The van der Waals surface area contributed by atoms with Gasteiger partial charge < -0.3 is 0 Å². The highest BCUT2D eigenvalue weighted by Gasteiger charge is 2.20. The maximum Gasteiger partial charge on any atom is 0.243 e. The van der Waals surface area contributed by atoms with E-state index in [1.54, 1.807) is 23.9 Å². The molecule has 0 bridgehead atoms. The van der Waals surface area contributed by atoms with Crippen LogP contribution in [0.4, 0.5) is 10.2 Å². The molecule has 0 aliphatic carbocycles. The van der Waals surface area contributed by atoms with Crippen molar-refractivity contribution in [1.82, 2.24) is 14.8 Å². The van der Waals surface area contributed by atoms with Crippen LogP contribution < -0.4 is 4.90 Å². The smallest absolute Gasteiger partial charge is 0.243 e. The van der Waals surface area contributed by atoms with Crippen molar-refractivity contribution >= 4 is 34.4 Å². The van der Waals surface area contributed by atoms with Gasteiger partial charge in [0.15, 0.2) is 5.65 Å². The van der Waals surface area contributed by atoms with Crippen LogP contribution in [-0.4, -0.2) is 26.6 Å². The monoisotopic (exact) mass is 360 g/mol. The number of rotatable bonds is 4. The van der Waals surface area contributed by atoms with Gasteiger partial charge in [0, 0.05) is 18.0 Å². The minimum atomic E-state index is -0.357. The number of aromatic nitrogens is 3. The maximum atomic E-state index is 14.2. The summed E-state index contributed by atoms with van der Waals surface area (Å²) in [5, 5.41) is 5.24. The van der Waals surface area contributed by atoms with Gasteiger partial charge in [0.2, 0.25) is 5.91 Å². The molecular weight excluding hydrogens is 343 g/mol. The van der Waals surface area contributed by atoms with Gasteiger partial charge in [-0.05, 0) is 37.6 Å². The van der Waals surface area contributed by atoms with Gasteiger partial charge in [0.05, 0.1) is 12.2 Å². The molecular formula is C18H18ClFN4O. The van der Waals surface area contributed by atoms with Crippen molar-refractivity contribution in [3.63, 3.8) is 0 Å². The number of carbonyl (C=O) groups is 1. The molecule has 3 rings (SSSR count). The molecule has 130 valence electrons. The Morgan fingerprint density at radius 2 is 2.04 bits per heavy atom. The van der Waals surface area contributed by atoms with Crippen LogP contribution in [0.25, 0.3) is 11.0 Å². The van der Waals surface area contributed by atoms with E-state index >= 15 is 0 Å². The molecule has 7 heteroatoms. The Labute approximate surface area is 150 Å². The molecule has 3 aromatic rings. The van der Waals surface area contributed by atoms with E-state index in [9.17, 15) is 9.18 Å². The second kappa shape index (κ2) is 6.80. The van der Waals surface area contributed by atoms with Crippen LogP contribution >= 0.6 is 11.6 Å². The zero-order valence-electron chi connectivity index (χ0n) is 14.3. The summed E-state index contributed by atoms with van der Waals surface area (Å²) in [4.78, 5) is 18.3. The number of hydrogen-bond acceptors (Lipinski definition) is 3. The molecule has 0 saturated heterocycles. The van der Waals surface area contributed by atoms with Crippen LogP contribution in [0.15, 0.2) is 30.3 Å². The fourth-order valence-electron chi connectivity index (χ4n) is 2.84. The fraction of sp³-hybridized carbons (Fsp3) is 0.278. The molecule has 0 spiro atoms. The molecule has 5 nitrogen and oxygen atoms in total. The van der Waals surface area contributed by atoms with E-state index in [0.717, 1.165) is 16.6 Å². The van der Waals surface area contributed by atoms with Gasteiger partial charge in [0.25, 0.3) is 0 Å². The molecule has 2 heterocycles. The number of benzene rings is 1. The van der Waals surface area contributed by atoms with Crippen LogP contribution in [0.5, 0.6) is 0 Å². The van der Waals surface area contributed by atoms with Gasteiger partial charge in [-0.25, -0.2) is 9.37 Å². The van der Waals surface area contributed by atoms with Gasteiger partial charge >= 0.3 is 0 Å². The molecule has 0 aliphatic rings. The summed E-state index contributed by atoms with van der Waals surface area (Å²) in [5.74, 6) is -0.485. The van der Waals surface area contributed by atoms with Crippen molar-refractivity contribution < 1.29 is 9.18 Å². The van der Waals surface area contributed by atoms with E-state index in [2.05, 4.69) is 10.1 Å². The van der Waals surface area contributed by atoms with Crippen LogP contribution in [-0.2, 0) is 18.4 Å². The Bertz CT molecular complexity index is 933. The van der Waals surface area contributed by atoms with Crippen LogP contribution in [0.1, 0.15) is 16.8 Å². The summed E-state index contributed by atoms with van der Waals surface area (Å²) in [7, 11) is 1.79. The Kier molecular flexibility index (Phi) is 4.72. The summed E-state index contributed by atoms with van der Waals surface area (Å²) in [6, 6.07) is 8.43. The van der Waals surface area contributed by atoms with Crippen molar-refractivity contribution in [2.45, 2.75) is 20.4 Å². The van der Waals surface area contributed by atoms with E-state index in [0.29, 0.717) is 17.0 Å². The predicted molar refractivity (Wildman–Crippen MR) is 96.3 cm³/mol. The van der Waals surface area contributed by atoms with E-state index in [4.69, 9.17) is 11.6 Å². The molecule has 0 radical (unpaired) electrons. The van der Waals surface area contributed by atoms with Crippen LogP contribution in [0.3, 0.4) is 0 Å². The number of alkyl halides is 1. The van der Waals surface area contributed by atoms with Crippen molar-refractivity contribution in [2.75, 3.05) is 10.8 Å². The first-order valence-electron chi connectivity index (χ1n) is 7.83. The first kappa shape index (κ1) is 17.4. The third-order valence-electron chi connectivity index (χ3n) is 4.22. The van der Waals surface area contributed by atoms with Crippen molar-refractivity contribution in [1.29, 1.82) is 0 Å². The number of aryl methyl sites for hydroxylation is 3. The minimum absolute atomic E-state index is 0.0688. The SMILES string of the molecule is Cc1cccc(F)c1CN(C(=O)CCl)c1ccc2c(C)nn(C)c2n1. The number of nitrogens with zero attached hydrogens (tertiary/aromatic N) is 4. The minimum Gasteiger partial charge on any atom is -0.291 e. The molecule has 0 atom stereocenters. The van der Waals surface area contributed by atoms with E-state index in [1.807, 2.05) is 26.0 Å². The van der Waals surface area contributed by atoms with E-state index in [-0.39, 0.29) is 24.1 Å². The number of pyridine rings is 1. The average Bonchev–Trinajstić information content (AvgIpc) is 2.88. The Morgan fingerprint density at radius 3 is 2.72 bits per heavy atom. The van der Waals surface area contributed by atoms with Gasteiger partial charge in [0.1, 0.15) is 17.5 Å². The maximum absolute atomic E-state index is 14.2. The highest BCUT2D eigenvalue weighted by Crippen LogP contribution is 2.24. The second-order valence-corrected chi connectivity index (χ2v) is 6.17. The largest absolute Gasteiger partial charge is 0.291 e. The first-order valence-corrected chi connectivity index (χ1v) is 8.36.